The van der Waals surface area contributed by atoms with Gasteiger partial charge < -0.3 is 39.2 Å². The summed E-state index contributed by atoms with van der Waals surface area (Å²) >= 11 is 1.45. The zero-order chi connectivity index (χ0) is 25.7. The summed E-state index contributed by atoms with van der Waals surface area (Å²) in [7, 11) is 2.94. The molecule has 37 heavy (non-hydrogen) atoms. The summed E-state index contributed by atoms with van der Waals surface area (Å²) in [6.07, 6.45) is 0.471. The van der Waals surface area contributed by atoms with Crippen molar-refractivity contribution in [3.63, 3.8) is 0 Å². The number of phenolic OH excluding ortho intramolecular Hbond substituents is 1. The second kappa shape index (κ2) is 9.31. The highest BCUT2D eigenvalue weighted by Crippen LogP contribution is 2.56. The van der Waals surface area contributed by atoms with Gasteiger partial charge in [0.05, 0.1) is 38.5 Å². The van der Waals surface area contributed by atoms with E-state index in [0.717, 1.165) is 22.4 Å². The zero-order valence-electron chi connectivity index (χ0n) is 20.2. The van der Waals surface area contributed by atoms with Crippen LogP contribution in [0.3, 0.4) is 0 Å². The normalized spacial score (nSPS) is 23.3. The molecule has 0 spiro atoms. The number of methoxy groups -OCH3 is 2. The number of carbonyl (C=O) groups excluding carboxylic acids is 1. The zero-order valence-corrected chi connectivity index (χ0v) is 21.0. The SMILES string of the molecule is COc1cc([C@@H]2c3cc4c(cc3[C@@H](Nc3nc(CCO)cs3)[C@H]3COC(=O)[C@H]23)OCO4)cc(OC)c1O. The number of aromatic hydroxyl groups is 1. The van der Waals surface area contributed by atoms with Crippen LogP contribution in [0, 0.1) is 11.8 Å². The molecule has 0 radical (unpaired) electrons. The van der Waals surface area contributed by atoms with Crippen LogP contribution in [0.2, 0.25) is 0 Å². The number of aliphatic hydroxyl groups is 1. The minimum atomic E-state index is -0.513. The molecule has 3 aliphatic rings. The van der Waals surface area contributed by atoms with Crippen molar-refractivity contribution in [2.75, 3.05) is 39.5 Å². The Morgan fingerprint density at radius 1 is 1.08 bits per heavy atom. The number of fused-ring (bicyclic) bond motifs is 3. The summed E-state index contributed by atoms with van der Waals surface area (Å²) in [6.45, 7) is 0.383. The third-order valence-corrected chi connectivity index (χ3v) is 8.07. The lowest BCUT2D eigenvalue weighted by atomic mass is 9.65. The van der Waals surface area contributed by atoms with Gasteiger partial charge in [-0.3, -0.25) is 4.79 Å². The standard InChI is InChI=1S/C26H26N2O8S/c1-32-19-5-12(6-20(33-2)24(19)30)21-14-7-17-18(36-11-35-17)8-15(14)23(16-9-34-25(31)22(16)21)28-26-27-13(3-4-29)10-37-26/h5-8,10,16,21-23,29-30H,3-4,9,11H2,1-2H3,(H,27,28)/t16-,21+,22-,23+/m0/s1. The number of nitrogens with zero attached hydrogens (tertiary/aromatic N) is 1. The van der Waals surface area contributed by atoms with Crippen molar-refractivity contribution >= 4 is 22.4 Å². The van der Waals surface area contributed by atoms with Crippen molar-refractivity contribution in [1.29, 1.82) is 0 Å². The first-order valence-corrected chi connectivity index (χ1v) is 12.8. The Hall–Kier alpha value is -3.70. The fourth-order valence-corrected chi connectivity index (χ4v) is 6.36. The van der Waals surface area contributed by atoms with Crippen molar-refractivity contribution in [2.24, 2.45) is 11.8 Å². The molecule has 1 fully saturated rings. The molecule has 11 heteroatoms. The fourth-order valence-electron chi connectivity index (χ4n) is 5.58. The molecule has 10 nitrogen and oxygen atoms in total. The number of thiazole rings is 1. The van der Waals surface area contributed by atoms with Crippen LogP contribution < -0.4 is 24.3 Å². The molecule has 0 bridgehead atoms. The fraction of sp³-hybridized carbons (Fsp3) is 0.385. The Morgan fingerprint density at radius 3 is 2.46 bits per heavy atom. The lowest BCUT2D eigenvalue weighted by Gasteiger charge is -2.39. The van der Waals surface area contributed by atoms with E-state index in [4.69, 9.17) is 23.7 Å². The van der Waals surface area contributed by atoms with Crippen LogP contribution in [-0.2, 0) is 16.0 Å². The number of nitrogens with one attached hydrogen (secondary N) is 1. The van der Waals surface area contributed by atoms with Gasteiger partial charge in [0.1, 0.15) is 0 Å². The van der Waals surface area contributed by atoms with Crippen LogP contribution in [0.4, 0.5) is 5.13 Å². The molecule has 1 aromatic heterocycles. The maximum absolute atomic E-state index is 13.2. The summed E-state index contributed by atoms with van der Waals surface area (Å²) in [6, 6.07) is 7.05. The van der Waals surface area contributed by atoms with Crippen molar-refractivity contribution in [2.45, 2.75) is 18.4 Å². The van der Waals surface area contributed by atoms with Gasteiger partial charge in [-0.25, -0.2) is 4.98 Å². The topological polar surface area (TPSA) is 129 Å². The number of benzene rings is 2. The largest absolute Gasteiger partial charge is 0.502 e. The first-order chi connectivity index (χ1) is 18.0. The van der Waals surface area contributed by atoms with Crippen LogP contribution in [0.1, 0.15) is 34.3 Å². The highest BCUT2D eigenvalue weighted by Gasteiger charge is 2.53. The number of rotatable bonds is 7. The molecule has 2 aliphatic heterocycles. The molecular formula is C26H26N2O8S. The van der Waals surface area contributed by atoms with Gasteiger partial charge in [0, 0.05) is 30.2 Å². The number of aliphatic hydroxyl groups excluding tert-OH is 1. The highest BCUT2D eigenvalue weighted by molar-refractivity contribution is 7.13. The summed E-state index contributed by atoms with van der Waals surface area (Å²) in [5, 5.41) is 25.9. The molecule has 0 unspecified atom stereocenters. The van der Waals surface area contributed by atoms with Crippen molar-refractivity contribution in [3.05, 3.63) is 52.0 Å². The number of carbonyl (C=O) groups is 1. The Balaban J connectivity index is 1.51. The Bertz CT molecular complexity index is 1330. The van der Waals surface area contributed by atoms with E-state index < -0.39 is 11.8 Å². The van der Waals surface area contributed by atoms with Crippen LogP contribution in [0.15, 0.2) is 29.6 Å². The number of hydrogen-bond donors (Lipinski definition) is 3. The highest BCUT2D eigenvalue weighted by atomic mass is 32.1. The Morgan fingerprint density at radius 2 is 1.78 bits per heavy atom. The summed E-state index contributed by atoms with van der Waals surface area (Å²) in [4.78, 5) is 17.9. The molecule has 1 saturated heterocycles. The van der Waals surface area contributed by atoms with E-state index in [2.05, 4.69) is 10.3 Å². The average Bonchev–Trinajstić information content (AvgIpc) is 3.64. The monoisotopic (exact) mass is 526 g/mol. The molecular weight excluding hydrogens is 500 g/mol. The van der Waals surface area contributed by atoms with E-state index in [-0.39, 0.29) is 55.2 Å². The molecule has 0 saturated carbocycles. The van der Waals surface area contributed by atoms with Crippen LogP contribution in [-0.4, -0.2) is 55.4 Å². The molecule has 1 aliphatic carbocycles. The molecule has 0 amide bonds. The average molecular weight is 527 g/mol. The van der Waals surface area contributed by atoms with E-state index in [9.17, 15) is 15.0 Å². The van der Waals surface area contributed by atoms with Crippen molar-refractivity contribution in [1.82, 2.24) is 4.98 Å². The first kappa shape index (κ1) is 23.7. The predicted octanol–water partition coefficient (Wildman–Crippen LogP) is 3.22. The van der Waals surface area contributed by atoms with E-state index in [1.807, 2.05) is 17.5 Å². The van der Waals surface area contributed by atoms with E-state index in [0.29, 0.717) is 23.1 Å². The smallest absolute Gasteiger partial charge is 0.310 e. The predicted molar refractivity (Wildman–Crippen MR) is 133 cm³/mol. The first-order valence-electron chi connectivity index (χ1n) is 11.9. The minimum absolute atomic E-state index is 0.0210. The molecule has 3 aromatic rings. The molecule has 2 aromatic carbocycles. The number of aromatic nitrogens is 1. The van der Waals surface area contributed by atoms with Gasteiger partial charge in [0.15, 0.2) is 28.1 Å². The molecule has 3 N–H and O–H groups in total. The Labute approximate surface area is 216 Å². The number of cyclic esters (lactones) is 1. The second-order valence-corrected chi connectivity index (χ2v) is 10.0. The Kier molecular flexibility index (Phi) is 5.96. The lowest BCUT2D eigenvalue weighted by Crippen LogP contribution is -2.37. The van der Waals surface area contributed by atoms with Gasteiger partial charge in [-0.1, -0.05) is 0 Å². The van der Waals surface area contributed by atoms with E-state index >= 15 is 0 Å². The van der Waals surface area contributed by atoms with Gasteiger partial charge in [-0.15, -0.1) is 11.3 Å². The maximum Gasteiger partial charge on any atom is 0.310 e. The van der Waals surface area contributed by atoms with E-state index in [1.165, 1.54) is 25.6 Å². The quantitative estimate of drug-likeness (QED) is 0.395. The number of esters is 1. The van der Waals surface area contributed by atoms with Gasteiger partial charge in [0.25, 0.3) is 0 Å². The third kappa shape index (κ3) is 3.89. The second-order valence-electron chi connectivity index (χ2n) is 9.15. The molecule has 4 atom stereocenters. The molecule has 6 rings (SSSR count). The summed E-state index contributed by atoms with van der Waals surface area (Å²) < 4.78 is 27.9. The van der Waals surface area contributed by atoms with Crippen LogP contribution in [0.5, 0.6) is 28.7 Å². The molecule has 3 heterocycles. The van der Waals surface area contributed by atoms with Gasteiger partial charge in [-0.05, 0) is 41.0 Å². The number of hydrogen-bond acceptors (Lipinski definition) is 11. The van der Waals surface area contributed by atoms with Crippen LogP contribution in [0.25, 0.3) is 0 Å². The van der Waals surface area contributed by atoms with Gasteiger partial charge in [0.2, 0.25) is 12.5 Å². The number of ether oxygens (including phenoxy) is 5. The maximum atomic E-state index is 13.2. The third-order valence-electron chi connectivity index (χ3n) is 7.25. The number of phenols is 1. The summed E-state index contributed by atoms with van der Waals surface area (Å²) in [5.74, 6) is 0.200. The summed E-state index contributed by atoms with van der Waals surface area (Å²) in [5.41, 5.74) is 3.37. The van der Waals surface area contributed by atoms with E-state index in [1.54, 1.807) is 12.1 Å². The van der Waals surface area contributed by atoms with Gasteiger partial charge in [-0.2, -0.15) is 0 Å². The van der Waals surface area contributed by atoms with Gasteiger partial charge >= 0.3 is 5.97 Å². The van der Waals surface area contributed by atoms with Crippen LogP contribution >= 0.6 is 11.3 Å². The van der Waals surface area contributed by atoms with Crippen molar-refractivity contribution in [3.8, 4) is 28.7 Å². The number of anilines is 1. The lowest BCUT2D eigenvalue weighted by molar-refractivity contribution is -0.141. The molecule has 194 valence electrons. The minimum Gasteiger partial charge on any atom is -0.502 e. The van der Waals surface area contributed by atoms with Crippen molar-refractivity contribution < 1.29 is 38.7 Å².